The third-order valence-corrected chi connectivity index (χ3v) is 4.07. The van der Waals surface area contributed by atoms with Crippen LogP contribution in [0.2, 0.25) is 5.02 Å². The second kappa shape index (κ2) is 6.85. The predicted octanol–water partition coefficient (Wildman–Crippen LogP) is 3.50. The van der Waals surface area contributed by atoms with Gasteiger partial charge in [0.1, 0.15) is 11.1 Å². The molecule has 0 saturated carbocycles. The molecule has 1 aromatic carbocycles. The van der Waals surface area contributed by atoms with Crippen LogP contribution in [0.1, 0.15) is 20.3 Å². The molecule has 0 bridgehead atoms. The lowest BCUT2D eigenvalue weighted by Crippen LogP contribution is -2.19. The van der Waals surface area contributed by atoms with E-state index in [1.54, 1.807) is 6.92 Å². The second-order valence-corrected chi connectivity index (χ2v) is 5.22. The molecule has 1 unspecified atom stereocenters. The maximum Gasteiger partial charge on any atom is 0.319 e. The van der Waals surface area contributed by atoms with Crippen LogP contribution in [0.3, 0.4) is 0 Å². The largest absolute Gasteiger partial charge is 0.465 e. The molecule has 0 spiro atoms. The van der Waals surface area contributed by atoms with Gasteiger partial charge in [-0.25, -0.2) is 4.39 Å². The van der Waals surface area contributed by atoms with E-state index in [-0.39, 0.29) is 21.9 Å². The molecule has 1 rings (SSSR count). The zero-order chi connectivity index (χ0) is 13.7. The zero-order valence-electron chi connectivity index (χ0n) is 10.2. The molecule has 3 nitrogen and oxygen atoms in total. The van der Waals surface area contributed by atoms with Crippen molar-refractivity contribution in [2.45, 2.75) is 30.4 Å². The van der Waals surface area contributed by atoms with Gasteiger partial charge < -0.3 is 10.5 Å². The van der Waals surface area contributed by atoms with Crippen LogP contribution < -0.4 is 5.73 Å². The molecule has 6 heteroatoms. The van der Waals surface area contributed by atoms with Crippen molar-refractivity contribution < 1.29 is 13.9 Å². The molecule has 0 aromatic heterocycles. The van der Waals surface area contributed by atoms with Gasteiger partial charge in [0.2, 0.25) is 0 Å². The molecular weight excluding hydrogens is 277 g/mol. The molecule has 0 aliphatic carbocycles. The van der Waals surface area contributed by atoms with Crippen LogP contribution in [-0.2, 0) is 9.53 Å². The van der Waals surface area contributed by atoms with Crippen molar-refractivity contribution in [2.75, 3.05) is 12.3 Å². The second-order valence-electron chi connectivity index (χ2n) is 3.57. The van der Waals surface area contributed by atoms with E-state index in [1.165, 1.54) is 17.8 Å². The lowest BCUT2D eigenvalue weighted by Gasteiger charge is -2.14. The third-order valence-electron chi connectivity index (χ3n) is 2.24. The topological polar surface area (TPSA) is 52.3 Å². The SMILES string of the molecule is CCOC(=O)C(CC)Sc1cc(N)c(F)cc1Cl. The standard InChI is InChI=1S/C12H15ClFNO2S/c1-3-10(12(16)17-4-2)18-11-6-9(15)8(14)5-7(11)13/h5-6,10H,3-4,15H2,1-2H3. The van der Waals surface area contributed by atoms with E-state index in [9.17, 15) is 9.18 Å². The molecule has 1 atom stereocenters. The Hall–Kier alpha value is -0.940. The number of benzene rings is 1. The number of esters is 1. The highest BCUT2D eigenvalue weighted by Crippen LogP contribution is 2.34. The smallest absolute Gasteiger partial charge is 0.319 e. The van der Waals surface area contributed by atoms with Gasteiger partial charge >= 0.3 is 5.97 Å². The van der Waals surface area contributed by atoms with Crippen molar-refractivity contribution in [3.63, 3.8) is 0 Å². The fraction of sp³-hybridized carbons (Fsp3) is 0.417. The Bertz CT molecular complexity index is 442. The highest BCUT2D eigenvalue weighted by Gasteiger charge is 2.21. The number of carbonyl (C=O) groups excluding carboxylic acids is 1. The number of carbonyl (C=O) groups is 1. The van der Waals surface area contributed by atoms with E-state index >= 15 is 0 Å². The van der Waals surface area contributed by atoms with Gasteiger partial charge in [-0.2, -0.15) is 0 Å². The number of ether oxygens (including phenoxy) is 1. The quantitative estimate of drug-likeness (QED) is 0.512. The Morgan fingerprint density at radius 1 is 1.56 bits per heavy atom. The first-order valence-corrected chi connectivity index (χ1v) is 6.83. The minimum absolute atomic E-state index is 0.0145. The number of thioether (sulfide) groups is 1. The van der Waals surface area contributed by atoms with Gasteiger partial charge in [0, 0.05) is 4.90 Å². The minimum Gasteiger partial charge on any atom is -0.465 e. The summed E-state index contributed by atoms with van der Waals surface area (Å²) in [5.74, 6) is -0.863. The molecule has 0 aliphatic rings. The molecule has 18 heavy (non-hydrogen) atoms. The summed E-state index contributed by atoms with van der Waals surface area (Å²) in [6.45, 7) is 3.95. The molecule has 0 amide bonds. The first kappa shape index (κ1) is 15.1. The summed E-state index contributed by atoms with van der Waals surface area (Å²) in [6.07, 6.45) is 0.594. The van der Waals surface area contributed by atoms with Gasteiger partial charge in [0.15, 0.2) is 0 Å². The van der Waals surface area contributed by atoms with E-state index in [0.717, 1.165) is 6.07 Å². The van der Waals surface area contributed by atoms with Crippen LogP contribution in [0.4, 0.5) is 10.1 Å². The third kappa shape index (κ3) is 3.78. The first-order valence-electron chi connectivity index (χ1n) is 5.57. The van der Waals surface area contributed by atoms with Crippen molar-refractivity contribution in [3.05, 3.63) is 23.0 Å². The summed E-state index contributed by atoms with van der Waals surface area (Å²) in [6, 6.07) is 2.58. The maximum absolute atomic E-state index is 13.1. The van der Waals surface area contributed by atoms with Gasteiger partial charge in [0.25, 0.3) is 0 Å². The van der Waals surface area contributed by atoms with E-state index in [2.05, 4.69) is 0 Å². The normalized spacial score (nSPS) is 12.2. The summed E-state index contributed by atoms with van der Waals surface area (Å²) in [7, 11) is 0. The molecule has 0 radical (unpaired) electrons. The number of nitrogen functional groups attached to an aromatic ring is 1. The Balaban J connectivity index is 2.88. The lowest BCUT2D eigenvalue weighted by molar-refractivity contribution is -0.142. The van der Waals surface area contributed by atoms with Gasteiger partial charge in [0.05, 0.1) is 17.3 Å². The van der Waals surface area contributed by atoms with Crippen molar-refractivity contribution in [1.29, 1.82) is 0 Å². The number of hydrogen-bond donors (Lipinski definition) is 1. The summed E-state index contributed by atoms with van der Waals surface area (Å²) in [5, 5.41) is -0.123. The fourth-order valence-corrected chi connectivity index (χ4v) is 2.61. The molecule has 0 fully saturated rings. The summed E-state index contributed by atoms with van der Waals surface area (Å²) in [4.78, 5) is 12.2. The highest BCUT2D eigenvalue weighted by molar-refractivity contribution is 8.00. The van der Waals surface area contributed by atoms with Gasteiger partial charge in [-0.1, -0.05) is 18.5 Å². The maximum atomic E-state index is 13.1. The number of nitrogens with two attached hydrogens (primary N) is 1. The lowest BCUT2D eigenvalue weighted by atomic mass is 10.3. The van der Waals surface area contributed by atoms with E-state index in [1.807, 2.05) is 6.92 Å². The molecule has 2 N–H and O–H groups in total. The van der Waals surface area contributed by atoms with Crippen LogP contribution in [0.5, 0.6) is 0 Å². The number of halogens is 2. The predicted molar refractivity (Wildman–Crippen MR) is 72.4 cm³/mol. The Kier molecular flexibility index (Phi) is 5.75. The van der Waals surface area contributed by atoms with Gasteiger partial charge in [-0.05, 0) is 25.5 Å². The van der Waals surface area contributed by atoms with Crippen molar-refractivity contribution in [2.24, 2.45) is 0 Å². The van der Waals surface area contributed by atoms with Crippen LogP contribution in [0.25, 0.3) is 0 Å². The van der Waals surface area contributed by atoms with Crippen molar-refractivity contribution >= 4 is 35.0 Å². The molecule has 0 heterocycles. The van der Waals surface area contributed by atoms with Gasteiger partial charge in [-0.15, -0.1) is 11.8 Å². The molecular formula is C12H15ClFNO2S. The van der Waals surface area contributed by atoms with Crippen LogP contribution in [-0.4, -0.2) is 17.8 Å². The number of rotatable bonds is 5. The van der Waals surface area contributed by atoms with E-state index < -0.39 is 5.82 Å². The zero-order valence-corrected chi connectivity index (χ0v) is 11.8. The van der Waals surface area contributed by atoms with Crippen molar-refractivity contribution in [3.8, 4) is 0 Å². The monoisotopic (exact) mass is 291 g/mol. The van der Waals surface area contributed by atoms with E-state index in [0.29, 0.717) is 17.9 Å². The minimum atomic E-state index is -0.562. The average Bonchev–Trinajstić information content (AvgIpc) is 2.32. The molecule has 0 saturated heterocycles. The van der Waals surface area contributed by atoms with Gasteiger partial charge in [-0.3, -0.25) is 4.79 Å². The Labute approximate surface area is 115 Å². The molecule has 1 aromatic rings. The van der Waals surface area contributed by atoms with Crippen molar-refractivity contribution in [1.82, 2.24) is 0 Å². The van der Waals surface area contributed by atoms with Crippen LogP contribution in [0, 0.1) is 5.82 Å². The summed E-state index contributed by atoms with van der Waals surface area (Å²) >= 11 is 7.15. The number of hydrogen-bond acceptors (Lipinski definition) is 4. The van der Waals surface area contributed by atoms with E-state index in [4.69, 9.17) is 22.1 Å². The molecule has 0 aliphatic heterocycles. The Morgan fingerprint density at radius 3 is 2.78 bits per heavy atom. The fourth-order valence-electron chi connectivity index (χ4n) is 1.32. The summed E-state index contributed by atoms with van der Waals surface area (Å²) < 4.78 is 18.1. The highest BCUT2D eigenvalue weighted by atomic mass is 35.5. The van der Waals surface area contributed by atoms with Crippen LogP contribution >= 0.6 is 23.4 Å². The van der Waals surface area contributed by atoms with Crippen LogP contribution in [0.15, 0.2) is 17.0 Å². The molecule has 100 valence electrons. The average molecular weight is 292 g/mol. The Morgan fingerprint density at radius 2 is 2.22 bits per heavy atom. The summed E-state index contributed by atoms with van der Waals surface area (Å²) in [5.41, 5.74) is 5.49. The first-order chi connectivity index (χ1) is 8.49. The number of anilines is 1.